The predicted molar refractivity (Wildman–Crippen MR) is 111 cm³/mol. The van der Waals surface area contributed by atoms with E-state index in [1.54, 1.807) is 7.05 Å². The second kappa shape index (κ2) is 9.37. The summed E-state index contributed by atoms with van der Waals surface area (Å²) in [7, 11) is -1.79. The Kier molecular flexibility index (Phi) is 7.14. The number of benzene rings is 1. The van der Waals surface area contributed by atoms with Crippen molar-refractivity contribution in [3.63, 3.8) is 0 Å². The fourth-order valence-corrected chi connectivity index (χ4v) is 5.29. The third kappa shape index (κ3) is 5.67. The van der Waals surface area contributed by atoms with Crippen molar-refractivity contribution in [2.24, 2.45) is 0 Å². The van der Waals surface area contributed by atoms with Crippen LogP contribution in [0.4, 0.5) is 5.69 Å². The Balaban J connectivity index is 1.41. The Bertz CT molecular complexity index is 696. The molecule has 1 aromatic carbocycles. The van der Waals surface area contributed by atoms with Gasteiger partial charge in [0.1, 0.15) is 10.2 Å². The van der Waals surface area contributed by atoms with Crippen LogP contribution in [0.1, 0.15) is 37.7 Å². The van der Waals surface area contributed by atoms with Gasteiger partial charge in [0, 0.05) is 18.8 Å². The Labute approximate surface area is 164 Å². The number of anilines is 1. The summed E-state index contributed by atoms with van der Waals surface area (Å²) in [4.78, 5) is 3.86. The van der Waals surface area contributed by atoms with Gasteiger partial charge in [-0.3, -0.25) is 0 Å². The summed E-state index contributed by atoms with van der Waals surface area (Å²) >= 11 is 0. The molecule has 1 N–H and O–H groups in total. The van der Waals surface area contributed by atoms with Gasteiger partial charge in [0.25, 0.3) is 0 Å². The Hall–Kier alpha value is -1.15. The van der Waals surface area contributed by atoms with Crippen molar-refractivity contribution in [2.45, 2.75) is 45.1 Å². The Morgan fingerprint density at radius 1 is 1.19 bits per heavy atom. The molecule has 0 aromatic heterocycles. The molecular formula is C20H34N4O2S. The van der Waals surface area contributed by atoms with Crippen molar-refractivity contribution in [3.05, 3.63) is 34.6 Å². The van der Waals surface area contributed by atoms with Gasteiger partial charge in [0.2, 0.25) is 0 Å². The van der Waals surface area contributed by atoms with Crippen LogP contribution in [0.2, 0.25) is 0 Å². The highest BCUT2D eigenvalue weighted by atomic mass is 32.2. The van der Waals surface area contributed by atoms with Crippen molar-refractivity contribution in [1.82, 2.24) is 4.31 Å². The summed E-state index contributed by atoms with van der Waals surface area (Å²) in [6, 6.07) is 8.76. The lowest BCUT2D eigenvalue weighted by atomic mass is 9.96. The zero-order valence-corrected chi connectivity index (χ0v) is 17.5. The molecule has 7 heteroatoms. The molecular weight excluding hydrogens is 360 g/mol. The average molecular weight is 395 g/mol. The number of aryl methyl sites for hydroxylation is 1. The lowest BCUT2D eigenvalue weighted by Gasteiger charge is -2.37. The molecule has 1 aromatic rings. The fraction of sp³-hybridized carbons (Fsp3) is 0.700. The van der Waals surface area contributed by atoms with Crippen LogP contribution in [0, 0.1) is 6.92 Å². The van der Waals surface area contributed by atoms with Gasteiger partial charge in [0.15, 0.2) is 0 Å². The van der Waals surface area contributed by atoms with Crippen molar-refractivity contribution >= 4 is 15.9 Å². The van der Waals surface area contributed by atoms with Crippen LogP contribution in [-0.4, -0.2) is 65.1 Å². The summed E-state index contributed by atoms with van der Waals surface area (Å²) in [5.41, 5.74) is 2.57. The minimum Gasteiger partial charge on any atom is -0.531 e. The molecule has 2 aliphatic rings. The van der Waals surface area contributed by atoms with Crippen LogP contribution >= 0.6 is 0 Å². The molecule has 27 heavy (non-hydrogen) atoms. The summed E-state index contributed by atoms with van der Waals surface area (Å²) in [6.07, 6.45) is 5.41. The van der Waals surface area contributed by atoms with E-state index in [-0.39, 0.29) is 6.04 Å². The molecule has 1 saturated carbocycles. The minimum atomic E-state index is -3.48. The zero-order valence-electron chi connectivity index (χ0n) is 16.7. The van der Waals surface area contributed by atoms with Gasteiger partial charge in [-0.2, -0.15) is 0 Å². The first-order valence-electron chi connectivity index (χ1n) is 10.3. The standard InChI is InChI=1S/C20H33N4O2S/c1-18-7-6-10-20(17-18)24-15-13-23(14-16-24)12-11-21-27(25,26)22(2)19-8-4-3-5-9-19/h6-7,10,17,19H,3-5,8-9,11-16H2,1-2H3/q-1/p+1. The summed E-state index contributed by atoms with van der Waals surface area (Å²) in [5, 5.41) is 0. The van der Waals surface area contributed by atoms with Gasteiger partial charge < -0.3 is 14.5 Å². The minimum absolute atomic E-state index is 0.137. The molecule has 0 amide bonds. The van der Waals surface area contributed by atoms with E-state index in [2.05, 4.69) is 40.8 Å². The van der Waals surface area contributed by atoms with Crippen LogP contribution in [0.5, 0.6) is 0 Å². The first-order valence-corrected chi connectivity index (χ1v) is 11.7. The van der Waals surface area contributed by atoms with E-state index < -0.39 is 10.2 Å². The maximum absolute atomic E-state index is 12.5. The van der Waals surface area contributed by atoms with Crippen molar-refractivity contribution in [3.8, 4) is 0 Å². The molecule has 6 nitrogen and oxygen atoms in total. The predicted octanol–water partition coefficient (Wildman–Crippen LogP) is 1.58. The molecule has 1 aliphatic heterocycles. The summed E-state index contributed by atoms with van der Waals surface area (Å²) < 4.78 is 30.6. The van der Waals surface area contributed by atoms with E-state index >= 15 is 0 Å². The van der Waals surface area contributed by atoms with Gasteiger partial charge >= 0.3 is 0 Å². The van der Waals surface area contributed by atoms with Crippen molar-refractivity contribution in [2.75, 3.05) is 51.2 Å². The third-order valence-electron chi connectivity index (χ3n) is 6.01. The highest BCUT2D eigenvalue weighted by Gasteiger charge is 2.23. The largest absolute Gasteiger partial charge is 0.531 e. The normalized spacial score (nSPS) is 20.3. The fourth-order valence-electron chi connectivity index (χ4n) is 4.20. The highest BCUT2D eigenvalue weighted by molar-refractivity contribution is 7.91. The Morgan fingerprint density at radius 3 is 2.56 bits per heavy atom. The maximum atomic E-state index is 12.5. The van der Waals surface area contributed by atoms with Gasteiger partial charge in [0.05, 0.1) is 32.7 Å². The quantitative estimate of drug-likeness (QED) is 0.764. The SMILES string of the molecule is Cc1cccc(N2CC[NH+](CC[N-]S(=O)(=O)N(C)C3CCCCC3)CC2)c1. The van der Waals surface area contributed by atoms with E-state index in [1.807, 2.05) is 0 Å². The number of piperazine rings is 1. The molecule has 0 radical (unpaired) electrons. The number of nitrogens with one attached hydrogen (secondary N) is 1. The van der Waals surface area contributed by atoms with Gasteiger partial charge in [-0.15, -0.1) is 0 Å². The van der Waals surface area contributed by atoms with Gasteiger partial charge in [-0.05, 0) is 37.5 Å². The summed E-state index contributed by atoms with van der Waals surface area (Å²) in [6.45, 7) is 7.38. The molecule has 1 saturated heterocycles. The first kappa shape index (κ1) is 20.6. The number of nitrogens with zero attached hydrogens (tertiary/aromatic N) is 3. The van der Waals surface area contributed by atoms with Crippen LogP contribution in [-0.2, 0) is 10.2 Å². The molecule has 0 bridgehead atoms. The number of hydrogen-bond acceptors (Lipinski definition) is 3. The van der Waals surface area contributed by atoms with E-state index in [1.165, 1.54) is 26.9 Å². The molecule has 0 unspecified atom stereocenters. The number of quaternary nitrogens is 1. The van der Waals surface area contributed by atoms with Crippen LogP contribution in [0.3, 0.4) is 0 Å². The lowest BCUT2D eigenvalue weighted by molar-refractivity contribution is -0.898. The van der Waals surface area contributed by atoms with E-state index in [9.17, 15) is 8.42 Å². The smallest absolute Gasteiger partial charge is 0.137 e. The lowest BCUT2D eigenvalue weighted by Crippen LogP contribution is -3.15. The second-order valence-corrected chi connectivity index (χ2v) is 9.69. The van der Waals surface area contributed by atoms with Crippen LogP contribution in [0.25, 0.3) is 4.72 Å². The number of rotatable bonds is 7. The third-order valence-corrected chi connectivity index (χ3v) is 7.54. The topological polar surface area (TPSA) is 59.2 Å². The molecule has 0 atom stereocenters. The van der Waals surface area contributed by atoms with E-state index in [4.69, 9.17) is 0 Å². The van der Waals surface area contributed by atoms with Gasteiger partial charge in [-0.25, -0.2) is 12.7 Å². The maximum Gasteiger partial charge on any atom is 0.137 e. The molecule has 3 rings (SSSR count). The van der Waals surface area contributed by atoms with Crippen molar-refractivity contribution in [1.29, 1.82) is 0 Å². The second-order valence-electron chi connectivity index (χ2n) is 7.96. The van der Waals surface area contributed by atoms with E-state index in [0.717, 1.165) is 58.4 Å². The molecule has 1 heterocycles. The van der Waals surface area contributed by atoms with E-state index in [0.29, 0.717) is 6.54 Å². The summed E-state index contributed by atoms with van der Waals surface area (Å²) in [5.74, 6) is 0. The van der Waals surface area contributed by atoms with Gasteiger partial charge in [-0.1, -0.05) is 37.9 Å². The zero-order chi connectivity index (χ0) is 19.3. The van der Waals surface area contributed by atoms with Crippen LogP contribution in [0.15, 0.2) is 24.3 Å². The monoisotopic (exact) mass is 394 g/mol. The molecule has 2 fully saturated rings. The average Bonchev–Trinajstić information content (AvgIpc) is 2.68. The molecule has 152 valence electrons. The highest BCUT2D eigenvalue weighted by Crippen LogP contribution is 2.24. The molecule has 1 aliphatic carbocycles. The number of hydrogen-bond donors (Lipinski definition) is 1. The molecule has 0 spiro atoms. The Morgan fingerprint density at radius 2 is 1.89 bits per heavy atom. The first-order chi connectivity index (χ1) is 13.0. The van der Waals surface area contributed by atoms with Crippen molar-refractivity contribution < 1.29 is 13.3 Å². The van der Waals surface area contributed by atoms with Crippen LogP contribution < -0.4 is 9.80 Å².